The average molecular weight is 261 g/mol. The molecule has 1 saturated heterocycles. The van der Waals surface area contributed by atoms with Gasteiger partial charge < -0.3 is 16.0 Å². The van der Waals surface area contributed by atoms with Crippen molar-refractivity contribution in [3.05, 3.63) is 24.3 Å². The van der Waals surface area contributed by atoms with Crippen molar-refractivity contribution >= 4 is 17.4 Å². The lowest BCUT2D eigenvalue weighted by molar-refractivity contribution is 0.187. The van der Waals surface area contributed by atoms with Crippen LogP contribution in [0.1, 0.15) is 39.0 Å². The van der Waals surface area contributed by atoms with Gasteiger partial charge in [-0.1, -0.05) is 25.8 Å². The van der Waals surface area contributed by atoms with Gasteiger partial charge in [-0.25, -0.2) is 4.79 Å². The first kappa shape index (κ1) is 13.7. The van der Waals surface area contributed by atoms with Gasteiger partial charge >= 0.3 is 6.03 Å². The summed E-state index contributed by atoms with van der Waals surface area (Å²) in [5, 5.41) is 2.95. The summed E-state index contributed by atoms with van der Waals surface area (Å²) in [5.74, 6) is 0. The Hall–Kier alpha value is -1.71. The van der Waals surface area contributed by atoms with Crippen molar-refractivity contribution in [2.75, 3.05) is 17.6 Å². The molecule has 0 aromatic heterocycles. The second-order valence-electron chi connectivity index (χ2n) is 5.16. The summed E-state index contributed by atoms with van der Waals surface area (Å²) in [7, 11) is 0. The normalized spacial score (nSPS) is 19.8. The Morgan fingerprint density at radius 2 is 2.26 bits per heavy atom. The van der Waals surface area contributed by atoms with E-state index in [0.717, 1.165) is 31.5 Å². The van der Waals surface area contributed by atoms with Crippen LogP contribution in [0.2, 0.25) is 0 Å². The van der Waals surface area contributed by atoms with Crippen LogP contribution in [-0.4, -0.2) is 23.5 Å². The molecule has 0 bridgehead atoms. The second kappa shape index (κ2) is 6.45. The molecule has 1 aromatic carbocycles. The predicted octanol–water partition coefficient (Wildman–Crippen LogP) is 3.46. The zero-order valence-corrected chi connectivity index (χ0v) is 11.6. The van der Waals surface area contributed by atoms with Crippen molar-refractivity contribution in [2.45, 2.75) is 45.1 Å². The molecule has 1 fully saturated rings. The first-order valence-electron chi connectivity index (χ1n) is 7.14. The third-order valence-corrected chi connectivity index (χ3v) is 3.75. The van der Waals surface area contributed by atoms with E-state index >= 15 is 0 Å². The number of benzene rings is 1. The molecule has 2 amide bonds. The Labute approximate surface area is 115 Å². The number of urea groups is 1. The first-order chi connectivity index (χ1) is 9.20. The molecule has 1 heterocycles. The van der Waals surface area contributed by atoms with Gasteiger partial charge in [-0.05, 0) is 37.5 Å². The highest BCUT2D eigenvalue weighted by Gasteiger charge is 2.23. The number of carbonyl (C=O) groups is 1. The fraction of sp³-hybridized carbons (Fsp3) is 0.533. The van der Waals surface area contributed by atoms with Gasteiger partial charge in [0.15, 0.2) is 0 Å². The van der Waals surface area contributed by atoms with Crippen LogP contribution in [0, 0.1) is 0 Å². The fourth-order valence-corrected chi connectivity index (χ4v) is 2.68. The number of nitrogens with zero attached hydrogens (tertiary/aromatic N) is 1. The minimum Gasteiger partial charge on any atom is -0.399 e. The molecule has 1 aliphatic heterocycles. The van der Waals surface area contributed by atoms with Crippen molar-refractivity contribution in [3.8, 4) is 0 Å². The third-order valence-electron chi connectivity index (χ3n) is 3.75. The summed E-state index contributed by atoms with van der Waals surface area (Å²) in [6, 6.07) is 7.69. The third kappa shape index (κ3) is 3.63. The number of amides is 2. The lowest BCUT2D eigenvalue weighted by atomic mass is 10.1. The summed E-state index contributed by atoms with van der Waals surface area (Å²) >= 11 is 0. The highest BCUT2D eigenvalue weighted by atomic mass is 16.2. The number of nitrogen functional groups attached to an aromatic ring is 1. The molecule has 19 heavy (non-hydrogen) atoms. The van der Waals surface area contributed by atoms with Crippen LogP contribution in [0.25, 0.3) is 0 Å². The van der Waals surface area contributed by atoms with Gasteiger partial charge in [0, 0.05) is 24.0 Å². The SMILES string of the molecule is CCC1CCCCCN1C(=O)Nc1cccc(N)c1. The number of anilines is 2. The van der Waals surface area contributed by atoms with E-state index in [2.05, 4.69) is 12.2 Å². The van der Waals surface area contributed by atoms with E-state index in [4.69, 9.17) is 5.73 Å². The standard InChI is InChI=1S/C15H23N3O/c1-2-14-9-4-3-5-10-18(14)15(19)17-13-8-6-7-12(16)11-13/h6-8,11,14H,2-5,9-10,16H2,1H3,(H,17,19). The number of hydrogen-bond donors (Lipinski definition) is 2. The molecule has 1 aromatic rings. The van der Waals surface area contributed by atoms with Crippen LogP contribution in [0.5, 0.6) is 0 Å². The fourth-order valence-electron chi connectivity index (χ4n) is 2.68. The molecular weight excluding hydrogens is 238 g/mol. The van der Waals surface area contributed by atoms with E-state index in [0.29, 0.717) is 11.7 Å². The minimum atomic E-state index is -0.000602. The van der Waals surface area contributed by atoms with Crippen LogP contribution < -0.4 is 11.1 Å². The summed E-state index contributed by atoms with van der Waals surface area (Å²) in [6.45, 7) is 3.00. The van der Waals surface area contributed by atoms with E-state index < -0.39 is 0 Å². The average Bonchev–Trinajstić information content (AvgIpc) is 2.63. The molecule has 1 aliphatic rings. The van der Waals surface area contributed by atoms with Crippen molar-refractivity contribution in [2.24, 2.45) is 0 Å². The number of carbonyl (C=O) groups excluding carboxylic acids is 1. The Bertz CT molecular complexity index is 433. The molecule has 0 saturated carbocycles. The topological polar surface area (TPSA) is 58.4 Å². The van der Waals surface area contributed by atoms with E-state index in [9.17, 15) is 4.79 Å². The van der Waals surface area contributed by atoms with Gasteiger partial charge in [0.05, 0.1) is 0 Å². The molecule has 3 N–H and O–H groups in total. The van der Waals surface area contributed by atoms with Crippen molar-refractivity contribution in [1.82, 2.24) is 4.90 Å². The molecule has 2 rings (SSSR count). The molecule has 4 heteroatoms. The Morgan fingerprint density at radius 3 is 3.00 bits per heavy atom. The molecule has 4 nitrogen and oxygen atoms in total. The zero-order valence-electron chi connectivity index (χ0n) is 11.6. The number of likely N-dealkylation sites (tertiary alicyclic amines) is 1. The van der Waals surface area contributed by atoms with Crippen LogP contribution in [-0.2, 0) is 0 Å². The highest BCUT2D eigenvalue weighted by molar-refractivity contribution is 5.90. The molecule has 104 valence electrons. The summed E-state index contributed by atoms with van der Waals surface area (Å²) in [6.07, 6.45) is 5.67. The maximum absolute atomic E-state index is 12.4. The van der Waals surface area contributed by atoms with Crippen LogP contribution in [0.3, 0.4) is 0 Å². The van der Waals surface area contributed by atoms with Gasteiger partial charge in [0.2, 0.25) is 0 Å². The summed E-state index contributed by atoms with van der Waals surface area (Å²) in [5.41, 5.74) is 7.16. The monoisotopic (exact) mass is 261 g/mol. The van der Waals surface area contributed by atoms with Crippen LogP contribution in [0.15, 0.2) is 24.3 Å². The maximum atomic E-state index is 12.4. The molecule has 1 unspecified atom stereocenters. The van der Waals surface area contributed by atoms with Gasteiger partial charge in [-0.3, -0.25) is 0 Å². The Morgan fingerprint density at radius 1 is 1.42 bits per heavy atom. The van der Waals surface area contributed by atoms with E-state index in [-0.39, 0.29) is 6.03 Å². The largest absolute Gasteiger partial charge is 0.399 e. The molecule has 0 spiro atoms. The van der Waals surface area contributed by atoms with Gasteiger partial charge in [-0.15, -0.1) is 0 Å². The van der Waals surface area contributed by atoms with Crippen LogP contribution >= 0.6 is 0 Å². The number of nitrogens with two attached hydrogens (primary N) is 1. The van der Waals surface area contributed by atoms with Gasteiger partial charge in [0.25, 0.3) is 0 Å². The number of hydrogen-bond acceptors (Lipinski definition) is 2. The van der Waals surface area contributed by atoms with Crippen LogP contribution in [0.4, 0.5) is 16.2 Å². The molecule has 1 atom stereocenters. The van der Waals surface area contributed by atoms with Gasteiger partial charge in [-0.2, -0.15) is 0 Å². The van der Waals surface area contributed by atoms with E-state index in [1.54, 1.807) is 6.07 Å². The smallest absolute Gasteiger partial charge is 0.322 e. The van der Waals surface area contributed by atoms with E-state index in [1.807, 2.05) is 23.1 Å². The first-order valence-corrected chi connectivity index (χ1v) is 7.14. The van der Waals surface area contributed by atoms with Crippen molar-refractivity contribution in [3.63, 3.8) is 0 Å². The van der Waals surface area contributed by atoms with Crippen molar-refractivity contribution < 1.29 is 4.79 Å². The highest BCUT2D eigenvalue weighted by Crippen LogP contribution is 2.21. The predicted molar refractivity (Wildman–Crippen MR) is 79.1 cm³/mol. The maximum Gasteiger partial charge on any atom is 0.322 e. The van der Waals surface area contributed by atoms with E-state index in [1.165, 1.54) is 12.8 Å². The Kier molecular flexibility index (Phi) is 4.66. The van der Waals surface area contributed by atoms with Crippen molar-refractivity contribution in [1.29, 1.82) is 0 Å². The van der Waals surface area contributed by atoms with Gasteiger partial charge in [0.1, 0.15) is 0 Å². The number of rotatable bonds is 2. The lowest BCUT2D eigenvalue weighted by Gasteiger charge is -2.29. The molecular formula is C15H23N3O. The quantitative estimate of drug-likeness (QED) is 0.801. The number of nitrogens with one attached hydrogen (secondary N) is 1. The summed E-state index contributed by atoms with van der Waals surface area (Å²) in [4.78, 5) is 14.4. The minimum absolute atomic E-state index is 0.000602. The summed E-state index contributed by atoms with van der Waals surface area (Å²) < 4.78 is 0. The zero-order chi connectivity index (χ0) is 13.7. The second-order valence-corrected chi connectivity index (χ2v) is 5.16. The Balaban J connectivity index is 2.04. The lowest BCUT2D eigenvalue weighted by Crippen LogP contribution is -2.42. The molecule has 0 radical (unpaired) electrons. The molecule has 0 aliphatic carbocycles.